The maximum Gasteiger partial charge on any atom is 0.0856 e. The van der Waals surface area contributed by atoms with Crippen LogP contribution in [-0.4, -0.2) is 43.3 Å². The molecule has 0 radical (unpaired) electrons. The van der Waals surface area contributed by atoms with Gasteiger partial charge in [-0.05, 0) is 30.4 Å². The van der Waals surface area contributed by atoms with Gasteiger partial charge < -0.3 is 10.5 Å². The van der Waals surface area contributed by atoms with Crippen molar-refractivity contribution in [2.45, 2.75) is 31.4 Å². The lowest BCUT2D eigenvalue weighted by molar-refractivity contribution is -0.0422. The molecule has 1 saturated heterocycles. The summed E-state index contributed by atoms with van der Waals surface area (Å²) in [6, 6.07) is 10.9. The van der Waals surface area contributed by atoms with Crippen LogP contribution >= 0.6 is 0 Å². The average molecular weight is 260 g/mol. The molecule has 1 aliphatic carbocycles. The van der Waals surface area contributed by atoms with Crippen LogP contribution in [0.15, 0.2) is 30.3 Å². The summed E-state index contributed by atoms with van der Waals surface area (Å²) in [5.41, 5.74) is 7.88. The zero-order valence-corrected chi connectivity index (χ0v) is 11.7. The molecular formula is C16H24N2O. The lowest BCUT2D eigenvalue weighted by atomic mass is 10.0. The lowest BCUT2D eigenvalue weighted by Crippen LogP contribution is -2.51. The van der Waals surface area contributed by atoms with E-state index in [4.69, 9.17) is 10.5 Å². The maximum absolute atomic E-state index is 6.45. The zero-order valence-electron chi connectivity index (χ0n) is 11.7. The Morgan fingerprint density at radius 1 is 1.37 bits per heavy atom. The van der Waals surface area contributed by atoms with Gasteiger partial charge in [0.1, 0.15) is 0 Å². The van der Waals surface area contributed by atoms with Crippen molar-refractivity contribution in [1.82, 2.24) is 4.90 Å². The summed E-state index contributed by atoms with van der Waals surface area (Å²) in [6.45, 7) is 6.17. The Kier molecular flexibility index (Phi) is 3.87. The van der Waals surface area contributed by atoms with Gasteiger partial charge in [-0.1, -0.05) is 37.3 Å². The van der Waals surface area contributed by atoms with Gasteiger partial charge in [-0.3, -0.25) is 4.90 Å². The summed E-state index contributed by atoms with van der Waals surface area (Å²) in [7, 11) is 0. The van der Waals surface area contributed by atoms with Crippen molar-refractivity contribution in [2.75, 3.05) is 26.2 Å². The molecule has 104 valence electrons. The van der Waals surface area contributed by atoms with E-state index in [1.165, 1.54) is 12.0 Å². The predicted octanol–water partition coefficient (Wildman–Crippen LogP) is 1.84. The number of nitrogens with zero attached hydrogens (tertiary/aromatic N) is 1. The first kappa shape index (κ1) is 13.1. The van der Waals surface area contributed by atoms with Crippen LogP contribution < -0.4 is 5.73 Å². The minimum Gasteiger partial charge on any atom is -0.374 e. The molecule has 4 unspecified atom stereocenters. The van der Waals surface area contributed by atoms with Crippen LogP contribution in [0.2, 0.25) is 0 Å². The molecule has 3 nitrogen and oxygen atoms in total. The first-order valence-electron chi connectivity index (χ1n) is 7.44. The van der Waals surface area contributed by atoms with E-state index in [9.17, 15) is 0 Å². The highest BCUT2D eigenvalue weighted by molar-refractivity contribution is 5.27. The number of rotatable bonds is 4. The number of benzene rings is 1. The lowest BCUT2D eigenvalue weighted by Gasteiger charge is -2.35. The molecule has 0 aromatic heterocycles. The first-order chi connectivity index (χ1) is 9.29. The third kappa shape index (κ3) is 2.83. The highest BCUT2D eigenvalue weighted by Gasteiger charge is 2.45. The average Bonchev–Trinajstić information content (AvgIpc) is 3.28. The smallest absolute Gasteiger partial charge is 0.0856 e. The number of nitrogens with two attached hydrogens (primary N) is 1. The molecule has 0 spiro atoms. The maximum atomic E-state index is 6.45. The topological polar surface area (TPSA) is 38.5 Å². The summed E-state index contributed by atoms with van der Waals surface area (Å²) < 4.78 is 5.89. The number of likely N-dealkylation sites (N-methyl/N-ethyl adjacent to an activating group) is 1. The van der Waals surface area contributed by atoms with Crippen molar-refractivity contribution in [2.24, 2.45) is 11.7 Å². The SMILES string of the molecule is CCN1CCOC(C(N)C2CC2c2ccccc2)C1. The number of hydrogen-bond donors (Lipinski definition) is 1. The van der Waals surface area contributed by atoms with Gasteiger partial charge in [0.05, 0.1) is 12.7 Å². The van der Waals surface area contributed by atoms with Crippen LogP contribution in [0.3, 0.4) is 0 Å². The van der Waals surface area contributed by atoms with Crippen molar-refractivity contribution in [3.05, 3.63) is 35.9 Å². The highest BCUT2D eigenvalue weighted by Crippen LogP contribution is 2.49. The van der Waals surface area contributed by atoms with Crippen molar-refractivity contribution >= 4 is 0 Å². The number of hydrogen-bond acceptors (Lipinski definition) is 3. The van der Waals surface area contributed by atoms with Gasteiger partial charge in [0.25, 0.3) is 0 Å². The third-order valence-corrected chi connectivity index (χ3v) is 4.62. The fraction of sp³-hybridized carbons (Fsp3) is 0.625. The Balaban J connectivity index is 1.59. The van der Waals surface area contributed by atoms with Crippen LogP contribution in [0, 0.1) is 5.92 Å². The normalized spacial score (nSPS) is 33.1. The molecule has 2 aliphatic rings. The molecule has 19 heavy (non-hydrogen) atoms. The minimum absolute atomic E-state index is 0.180. The van der Waals surface area contributed by atoms with Gasteiger partial charge in [-0.2, -0.15) is 0 Å². The molecule has 1 aliphatic heterocycles. The molecule has 3 rings (SSSR count). The molecule has 3 heteroatoms. The molecule has 1 aromatic carbocycles. The molecule has 2 N–H and O–H groups in total. The second-order valence-corrected chi connectivity index (χ2v) is 5.80. The van der Waals surface area contributed by atoms with Crippen LogP contribution in [0.4, 0.5) is 0 Å². The first-order valence-corrected chi connectivity index (χ1v) is 7.44. The molecule has 0 amide bonds. The standard InChI is InChI=1S/C16H24N2O/c1-2-18-8-9-19-15(11-18)16(17)14-10-13(14)12-6-4-3-5-7-12/h3-7,13-16H,2,8-11,17H2,1H3. The largest absolute Gasteiger partial charge is 0.374 e. The quantitative estimate of drug-likeness (QED) is 0.897. The second-order valence-electron chi connectivity index (χ2n) is 5.80. The number of morpholine rings is 1. The monoisotopic (exact) mass is 260 g/mol. The summed E-state index contributed by atoms with van der Waals surface area (Å²) in [6.07, 6.45) is 1.43. The van der Waals surface area contributed by atoms with Gasteiger partial charge in [-0.15, -0.1) is 0 Å². The molecule has 1 aromatic rings. The fourth-order valence-electron chi connectivity index (χ4n) is 3.25. The van der Waals surface area contributed by atoms with Crippen molar-refractivity contribution in [1.29, 1.82) is 0 Å². The predicted molar refractivity (Wildman–Crippen MR) is 77.1 cm³/mol. The number of ether oxygens (including phenoxy) is 1. The molecule has 1 saturated carbocycles. The van der Waals surface area contributed by atoms with Crippen molar-refractivity contribution in [3.8, 4) is 0 Å². The fourth-order valence-corrected chi connectivity index (χ4v) is 3.25. The summed E-state index contributed by atoms with van der Waals surface area (Å²) in [5, 5.41) is 0. The van der Waals surface area contributed by atoms with Crippen LogP contribution in [0.5, 0.6) is 0 Å². The van der Waals surface area contributed by atoms with Gasteiger partial charge in [0, 0.05) is 19.1 Å². The Bertz CT molecular complexity index is 408. The van der Waals surface area contributed by atoms with Crippen LogP contribution in [0.1, 0.15) is 24.8 Å². The van der Waals surface area contributed by atoms with Crippen LogP contribution in [0.25, 0.3) is 0 Å². The zero-order chi connectivity index (χ0) is 13.2. The summed E-state index contributed by atoms with van der Waals surface area (Å²) in [4.78, 5) is 2.44. The highest BCUT2D eigenvalue weighted by atomic mass is 16.5. The van der Waals surface area contributed by atoms with Gasteiger partial charge in [0.15, 0.2) is 0 Å². The summed E-state index contributed by atoms with van der Waals surface area (Å²) >= 11 is 0. The van der Waals surface area contributed by atoms with E-state index >= 15 is 0 Å². The summed E-state index contributed by atoms with van der Waals surface area (Å²) in [5.74, 6) is 1.25. The Morgan fingerprint density at radius 2 is 2.16 bits per heavy atom. The van der Waals surface area contributed by atoms with Crippen molar-refractivity contribution < 1.29 is 4.74 Å². The van der Waals surface area contributed by atoms with Gasteiger partial charge >= 0.3 is 0 Å². The van der Waals surface area contributed by atoms with E-state index in [1.54, 1.807) is 0 Å². The van der Waals surface area contributed by atoms with E-state index in [0.29, 0.717) is 11.8 Å². The minimum atomic E-state index is 0.180. The van der Waals surface area contributed by atoms with Gasteiger partial charge in [0.2, 0.25) is 0 Å². The molecule has 1 heterocycles. The molecule has 0 bridgehead atoms. The Labute approximate surface area is 115 Å². The van der Waals surface area contributed by atoms with Crippen LogP contribution in [-0.2, 0) is 4.74 Å². The Morgan fingerprint density at radius 3 is 2.89 bits per heavy atom. The Hall–Kier alpha value is -0.900. The van der Waals surface area contributed by atoms with E-state index in [1.807, 2.05) is 0 Å². The third-order valence-electron chi connectivity index (χ3n) is 4.62. The van der Waals surface area contributed by atoms with Gasteiger partial charge in [-0.25, -0.2) is 0 Å². The molecular weight excluding hydrogens is 236 g/mol. The molecule has 2 fully saturated rings. The van der Waals surface area contributed by atoms with E-state index in [-0.39, 0.29) is 12.1 Å². The van der Waals surface area contributed by atoms with Crippen molar-refractivity contribution in [3.63, 3.8) is 0 Å². The van der Waals surface area contributed by atoms with E-state index in [2.05, 4.69) is 42.2 Å². The van der Waals surface area contributed by atoms with E-state index < -0.39 is 0 Å². The van der Waals surface area contributed by atoms with E-state index in [0.717, 1.165) is 26.2 Å². The second kappa shape index (κ2) is 5.61. The molecule has 4 atom stereocenters.